The number of para-hydroxylation sites is 1. The van der Waals surface area contributed by atoms with E-state index in [0.29, 0.717) is 25.1 Å². The van der Waals surface area contributed by atoms with Gasteiger partial charge >= 0.3 is 0 Å². The number of sulfonamides is 1. The molecule has 8 heteroatoms. The molecule has 0 radical (unpaired) electrons. The lowest BCUT2D eigenvalue weighted by atomic mass is 10.1. The summed E-state index contributed by atoms with van der Waals surface area (Å²) in [6.07, 6.45) is 4.43. The zero-order valence-electron chi connectivity index (χ0n) is 20.4. The van der Waals surface area contributed by atoms with Gasteiger partial charge in [-0.3, -0.25) is 14.3 Å². The Labute approximate surface area is 202 Å². The van der Waals surface area contributed by atoms with Gasteiger partial charge in [0, 0.05) is 35.1 Å². The average Bonchev–Trinajstić information content (AvgIpc) is 3.18. The normalized spacial score (nSPS) is 12.1. The molecule has 2 N–H and O–H groups in total. The van der Waals surface area contributed by atoms with Gasteiger partial charge in [0.2, 0.25) is 15.9 Å². The number of fused-ring (bicyclic) bond motifs is 1. The zero-order chi connectivity index (χ0) is 24.9. The molecule has 0 saturated heterocycles. The molecule has 0 atom stereocenters. The maximum absolute atomic E-state index is 12.5. The van der Waals surface area contributed by atoms with E-state index in [1.807, 2.05) is 36.4 Å². The highest BCUT2D eigenvalue weighted by Gasteiger charge is 2.22. The van der Waals surface area contributed by atoms with Crippen molar-refractivity contribution in [3.63, 3.8) is 0 Å². The molecule has 184 valence electrons. The van der Waals surface area contributed by atoms with E-state index < -0.39 is 15.9 Å². The first-order chi connectivity index (χ1) is 16.0. The van der Waals surface area contributed by atoms with Crippen molar-refractivity contribution in [3.8, 4) is 11.3 Å². The Morgan fingerprint density at radius 1 is 1.00 bits per heavy atom. The number of hydroxylamine groups is 1. The molecule has 0 spiro atoms. The molecule has 0 bridgehead atoms. The molecule has 1 aromatic heterocycles. The molecular formula is C26H35N3O4S. The minimum absolute atomic E-state index is 0.117. The number of carbonyl (C=O) groups excluding carboxylic acids is 1. The van der Waals surface area contributed by atoms with E-state index in [1.165, 1.54) is 21.5 Å². The summed E-state index contributed by atoms with van der Waals surface area (Å²) in [4.78, 5) is 11.1. The summed E-state index contributed by atoms with van der Waals surface area (Å²) in [6.45, 7) is 6.92. The predicted molar refractivity (Wildman–Crippen MR) is 138 cm³/mol. The minimum Gasteiger partial charge on any atom is -0.335 e. The molecule has 0 fully saturated rings. The number of nitrogens with zero attached hydrogens (tertiary/aromatic N) is 2. The molecule has 0 saturated carbocycles. The topological polar surface area (TPSA) is 91.6 Å². The second kappa shape index (κ2) is 10.6. The van der Waals surface area contributed by atoms with E-state index in [1.54, 1.807) is 5.48 Å². The van der Waals surface area contributed by atoms with Gasteiger partial charge in [-0.15, -0.1) is 0 Å². The van der Waals surface area contributed by atoms with E-state index in [4.69, 9.17) is 5.21 Å². The Kier molecular flexibility index (Phi) is 8.05. The van der Waals surface area contributed by atoms with E-state index >= 15 is 0 Å². The van der Waals surface area contributed by atoms with Crippen LogP contribution in [0.5, 0.6) is 0 Å². The molecule has 1 heterocycles. The largest absolute Gasteiger partial charge is 0.335 e. The number of benzene rings is 2. The third-order valence-electron chi connectivity index (χ3n) is 5.87. The van der Waals surface area contributed by atoms with Crippen molar-refractivity contribution >= 4 is 32.5 Å². The Morgan fingerprint density at radius 2 is 1.65 bits per heavy atom. The van der Waals surface area contributed by atoms with Gasteiger partial charge in [0.25, 0.3) is 0 Å². The number of hydrogen-bond donors (Lipinski definition) is 2. The second-order valence-corrected chi connectivity index (χ2v) is 11.6. The van der Waals surface area contributed by atoms with Gasteiger partial charge in [0.1, 0.15) is 0 Å². The molecule has 7 nitrogen and oxygen atoms in total. The highest BCUT2D eigenvalue weighted by atomic mass is 32.2. The molecule has 1 amide bonds. The van der Waals surface area contributed by atoms with Crippen LogP contribution in [0.3, 0.4) is 0 Å². The number of aromatic nitrogens is 1. The van der Waals surface area contributed by atoms with Crippen LogP contribution in [-0.4, -0.2) is 36.9 Å². The summed E-state index contributed by atoms with van der Waals surface area (Å²) < 4.78 is 28.7. The lowest BCUT2D eigenvalue weighted by Gasteiger charge is -2.26. The highest BCUT2D eigenvalue weighted by molar-refractivity contribution is 7.92. The van der Waals surface area contributed by atoms with E-state index in [-0.39, 0.29) is 12.0 Å². The number of unbranched alkanes of at least 4 members (excludes halogenated alkanes) is 3. The van der Waals surface area contributed by atoms with Crippen molar-refractivity contribution in [1.82, 2.24) is 10.0 Å². The predicted octanol–water partition coefficient (Wildman–Crippen LogP) is 5.29. The number of carbonyl (C=O) groups is 1. The molecule has 34 heavy (non-hydrogen) atoms. The molecule has 3 aromatic rings. The lowest BCUT2D eigenvalue weighted by Crippen LogP contribution is -2.30. The van der Waals surface area contributed by atoms with Gasteiger partial charge in [0.15, 0.2) is 0 Å². The summed E-state index contributed by atoms with van der Waals surface area (Å²) in [5.41, 5.74) is 5.45. The van der Waals surface area contributed by atoms with Gasteiger partial charge < -0.3 is 4.57 Å². The Morgan fingerprint density at radius 3 is 2.26 bits per heavy atom. The maximum Gasteiger partial charge on any atom is 0.243 e. The maximum atomic E-state index is 12.5. The molecule has 0 aliphatic carbocycles. The molecular weight excluding hydrogens is 450 g/mol. The van der Waals surface area contributed by atoms with Crippen LogP contribution >= 0.6 is 0 Å². The van der Waals surface area contributed by atoms with Gasteiger partial charge in [-0.1, -0.05) is 43.2 Å². The summed E-state index contributed by atoms with van der Waals surface area (Å²) in [6, 6.07) is 18.2. The first kappa shape index (κ1) is 25.8. The third-order valence-corrected chi connectivity index (χ3v) is 7.07. The molecule has 0 unspecified atom stereocenters. The standard InChI is InChI=1S/C26H35N3O4S/c1-26(2,3)29-23-12-9-8-11-21(23)19-24(29)20-14-16-22(17-15-20)28(34(4,32)33)18-10-6-5-7-13-25(30)27-31/h8-9,11-12,14-17,19,31H,5-7,10,13,18H2,1-4H3,(H,27,30). The van der Waals surface area contributed by atoms with Crippen molar-refractivity contribution in [2.45, 2.75) is 58.4 Å². The Bertz CT molecular complexity index is 1230. The van der Waals surface area contributed by atoms with Crippen LogP contribution in [0.25, 0.3) is 22.2 Å². The minimum atomic E-state index is -3.43. The Hall–Kier alpha value is -2.84. The van der Waals surface area contributed by atoms with Crippen LogP contribution in [0.2, 0.25) is 0 Å². The quantitative estimate of drug-likeness (QED) is 0.232. The zero-order valence-corrected chi connectivity index (χ0v) is 21.2. The summed E-state index contributed by atoms with van der Waals surface area (Å²) in [7, 11) is -3.43. The van der Waals surface area contributed by atoms with Crippen molar-refractivity contribution < 1.29 is 18.4 Å². The van der Waals surface area contributed by atoms with Gasteiger partial charge in [-0.2, -0.15) is 0 Å². The summed E-state index contributed by atoms with van der Waals surface area (Å²) in [5, 5.41) is 9.71. The summed E-state index contributed by atoms with van der Waals surface area (Å²) in [5.74, 6) is -0.400. The summed E-state index contributed by atoms with van der Waals surface area (Å²) >= 11 is 0. The van der Waals surface area contributed by atoms with Crippen LogP contribution in [-0.2, 0) is 20.4 Å². The van der Waals surface area contributed by atoms with Gasteiger partial charge in [-0.25, -0.2) is 13.9 Å². The smallest absolute Gasteiger partial charge is 0.243 e. The SMILES string of the molecule is CC(C)(C)n1c(-c2ccc(N(CCCCCCC(=O)NO)S(C)(=O)=O)cc2)cc2ccccc21. The van der Waals surface area contributed by atoms with Crippen LogP contribution in [0, 0.1) is 0 Å². The van der Waals surface area contributed by atoms with Crippen molar-refractivity contribution in [3.05, 3.63) is 54.6 Å². The van der Waals surface area contributed by atoms with Crippen LogP contribution < -0.4 is 9.79 Å². The van der Waals surface area contributed by atoms with E-state index in [9.17, 15) is 13.2 Å². The van der Waals surface area contributed by atoms with Crippen LogP contribution in [0.1, 0.15) is 52.9 Å². The highest BCUT2D eigenvalue weighted by Crippen LogP contribution is 2.34. The van der Waals surface area contributed by atoms with Gasteiger partial charge in [-0.05, 0) is 63.4 Å². The fraction of sp³-hybridized carbons (Fsp3) is 0.423. The second-order valence-electron chi connectivity index (χ2n) is 9.68. The van der Waals surface area contributed by atoms with E-state index in [2.05, 4.69) is 43.5 Å². The van der Waals surface area contributed by atoms with Crippen molar-refractivity contribution in [2.75, 3.05) is 17.1 Å². The fourth-order valence-corrected chi connectivity index (χ4v) is 5.29. The van der Waals surface area contributed by atoms with Crippen molar-refractivity contribution in [2.24, 2.45) is 0 Å². The van der Waals surface area contributed by atoms with Crippen LogP contribution in [0.15, 0.2) is 54.6 Å². The van der Waals surface area contributed by atoms with Gasteiger partial charge in [0.05, 0.1) is 11.9 Å². The number of rotatable bonds is 10. The number of amides is 1. The number of hydrogen-bond acceptors (Lipinski definition) is 4. The monoisotopic (exact) mass is 485 g/mol. The molecule has 3 rings (SSSR count). The van der Waals surface area contributed by atoms with E-state index in [0.717, 1.165) is 24.1 Å². The molecule has 0 aliphatic rings. The number of nitrogens with one attached hydrogen (secondary N) is 1. The first-order valence-electron chi connectivity index (χ1n) is 11.6. The van der Waals surface area contributed by atoms with Crippen LogP contribution in [0.4, 0.5) is 5.69 Å². The lowest BCUT2D eigenvalue weighted by molar-refractivity contribution is -0.129. The third kappa shape index (κ3) is 6.18. The molecule has 0 aliphatic heterocycles. The van der Waals surface area contributed by atoms with Crippen molar-refractivity contribution in [1.29, 1.82) is 0 Å². The average molecular weight is 486 g/mol. The Balaban J connectivity index is 1.78. The fourth-order valence-electron chi connectivity index (χ4n) is 4.33. The molecule has 2 aromatic carbocycles. The number of anilines is 1. The first-order valence-corrected chi connectivity index (χ1v) is 13.5.